The highest BCUT2D eigenvalue weighted by Gasteiger charge is 2.32. The lowest BCUT2D eigenvalue weighted by Crippen LogP contribution is -2.39. The molecule has 4 nitrogen and oxygen atoms in total. The first kappa shape index (κ1) is 18.6. The maximum absolute atomic E-state index is 13.3. The third kappa shape index (κ3) is 3.40. The Morgan fingerprint density at radius 2 is 1.83 bits per heavy atom. The van der Waals surface area contributed by atoms with Crippen LogP contribution in [-0.2, 0) is 17.8 Å². The topological polar surface area (TPSA) is 46.1 Å². The summed E-state index contributed by atoms with van der Waals surface area (Å²) in [5.41, 5.74) is 6.73. The minimum atomic E-state index is -0.384. The third-order valence-electron chi connectivity index (χ3n) is 5.85. The normalized spacial score (nSPS) is 15.7. The van der Waals surface area contributed by atoms with Gasteiger partial charge in [0, 0.05) is 35.4 Å². The lowest BCUT2D eigenvalue weighted by atomic mass is 9.98. The number of nitrogens with zero attached hydrogens (tertiary/aromatic N) is 1. The smallest absolute Gasteiger partial charge is 0.247 e. The van der Waals surface area contributed by atoms with Crippen molar-refractivity contribution >= 4 is 22.5 Å². The largest absolute Gasteiger partial charge is 0.338 e. The maximum atomic E-state index is 13.3. The lowest BCUT2D eigenvalue weighted by Gasteiger charge is -2.26. The van der Waals surface area contributed by atoms with E-state index in [1.165, 1.54) is 22.0 Å². The predicted octanol–water partition coefficient (Wildman–Crippen LogP) is 4.82. The Morgan fingerprint density at radius 1 is 1.03 bits per heavy atom. The summed E-state index contributed by atoms with van der Waals surface area (Å²) in [7, 11) is 0. The molecule has 0 spiro atoms. The van der Waals surface area contributed by atoms with Gasteiger partial charge in [-0.1, -0.05) is 60.7 Å². The van der Waals surface area contributed by atoms with Gasteiger partial charge in [-0.05, 0) is 48.2 Å². The summed E-state index contributed by atoms with van der Waals surface area (Å²) >= 11 is 0. The Balaban J connectivity index is 1.58. The maximum Gasteiger partial charge on any atom is 0.247 e. The molecule has 0 saturated heterocycles. The Kier molecular flexibility index (Phi) is 4.85. The van der Waals surface area contributed by atoms with Crippen LogP contribution in [-0.4, -0.2) is 17.0 Å². The van der Waals surface area contributed by atoms with Crippen molar-refractivity contribution in [2.45, 2.75) is 25.9 Å². The van der Waals surface area contributed by atoms with E-state index in [4.69, 9.17) is 0 Å². The molecule has 0 fully saturated rings. The number of carbonyl (C=O) groups is 1. The van der Waals surface area contributed by atoms with E-state index in [0.29, 0.717) is 0 Å². The number of anilines is 1. The minimum absolute atomic E-state index is 0.0151. The molecule has 0 bridgehead atoms. The van der Waals surface area contributed by atoms with Crippen LogP contribution in [0.1, 0.15) is 28.4 Å². The standard InChI is InChI=1S/C26H25N3O/c1-18-8-7-11-20(16-18)28-26(30)24-25-22(14-15-27-24)21-12-5-6-13-23(21)29(25)17-19-9-3-2-4-10-19/h2-13,16,24,27H,14-15,17H2,1H3,(H,28,30). The molecule has 2 heterocycles. The zero-order valence-corrected chi connectivity index (χ0v) is 17.1. The molecule has 0 aliphatic carbocycles. The lowest BCUT2D eigenvalue weighted by molar-refractivity contribution is -0.118. The van der Waals surface area contributed by atoms with Gasteiger partial charge >= 0.3 is 0 Å². The molecule has 1 amide bonds. The van der Waals surface area contributed by atoms with Crippen molar-refractivity contribution in [2.24, 2.45) is 0 Å². The van der Waals surface area contributed by atoms with Crippen molar-refractivity contribution in [1.82, 2.24) is 9.88 Å². The van der Waals surface area contributed by atoms with Crippen molar-refractivity contribution in [3.05, 3.63) is 101 Å². The van der Waals surface area contributed by atoms with E-state index in [2.05, 4.69) is 63.7 Å². The average Bonchev–Trinajstić information content (AvgIpc) is 3.08. The third-order valence-corrected chi connectivity index (χ3v) is 5.85. The van der Waals surface area contributed by atoms with Crippen LogP contribution in [0, 0.1) is 6.92 Å². The fourth-order valence-corrected chi connectivity index (χ4v) is 4.52. The molecule has 1 aromatic heterocycles. The van der Waals surface area contributed by atoms with E-state index >= 15 is 0 Å². The van der Waals surface area contributed by atoms with Crippen LogP contribution in [0.15, 0.2) is 78.9 Å². The van der Waals surface area contributed by atoms with E-state index < -0.39 is 0 Å². The molecule has 2 N–H and O–H groups in total. The number of nitrogens with one attached hydrogen (secondary N) is 2. The number of hydrogen-bond acceptors (Lipinski definition) is 2. The van der Waals surface area contributed by atoms with Gasteiger partial charge in [0.2, 0.25) is 5.91 Å². The van der Waals surface area contributed by atoms with Crippen LogP contribution in [0.25, 0.3) is 10.9 Å². The van der Waals surface area contributed by atoms with E-state index in [-0.39, 0.29) is 11.9 Å². The molecule has 30 heavy (non-hydrogen) atoms. The number of rotatable bonds is 4. The Labute approximate surface area is 176 Å². The monoisotopic (exact) mass is 395 g/mol. The first-order valence-electron chi connectivity index (χ1n) is 10.5. The number of fused-ring (bicyclic) bond motifs is 3. The summed E-state index contributed by atoms with van der Waals surface area (Å²) in [5, 5.41) is 7.83. The molecule has 3 aromatic carbocycles. The van der Waals surface area contributed by atoms with Gasteiger partial charge < -0.3 is 15.2 Å². The summed E-state index contributed by atoms with van der Waals surface area (Å²) in [6.07, 6.45) is 0.922. The second-order valence-electron chi connectivity index (χ2n) is 7.95. The first-order valence-corrected chi connectivity index (χ1v) is 10.5. The van der Waals surface area contributed by atoms with Gasteiger partial charge in [-0.2, -0.15) is 0 Å². The molecule has 0 radical (unpaired) electrons. The highest BCUT2D eigenvalue weighted by atomic mass is 16.2. The van der Waals surface area contributed by atoms with Gasteiger partial charge in [-0.15, -0.1) is 0 Å². The Hall–Kier alpha value is -3.37. The van der Waals surface area contributed by atoms with Gasteiger partial charge in [-0.25, -0.2) is 0 Å². The number of benzene rings is 3. The summed E-state index contributed by atoms with van der Waals surface area (Å²) < 4.78 is 2.31. The Bertz CT molecular complexity index is 1210. The van der Waals surface area contributed by atoms with Gasteiger partial charge in [0.05, 0.1) is 0 Å². The number of aromatic nitrogens is 1. The molecule has 150 valence electrons. The fraction of sp³-hybridized carbons (Fsp3) is 0.192. The van der Waals surface area contributed by atoms with Crippen LogP contribution in [0.4, 0.5) is 5.69 Å². The molecule has 0 saturated carbocycles. The van der Waals surface area contributed by atoms with E-state index in [0.717, 1.165) is 36.5 Å². The molecule has 4 aromatic rings. The summed E-state index contributed by atoms with van der Waals surface area (Å²) in [6.45, 7) is 3.56. The van der Waals surface area contributed by atoms with Crippen molar-refractivity contribution < 1.29 is 4.79 Å². The predicted molar refractivity (Wildman–Crippen MR) is 122 cm³/mol. The summed E-state index contributed by atoms with van der Waals surface area (Å²) in [5.74, 6) is -0.0151. The number of hydrogen-bond donors (Lipinski definition) is 2. The van der Waals surface area contributed by atoms with Gasteiger partial charge in [0.15, 0.2) is 0 Å². The van der Waals surface area contributed by atoms with Gasteiger partial charge in [-0.3, -0.25) is 4.79 Å². The molecule has 4 heteroatoms. The number of amides is 1. The quantitative estimate of drug-likeness (QED) is 0.520. The first-order chi connectivity index (χ1) is 14.7. The molecule has 1 atom stereocenters. The van der Waals surface area contributed by atoms with Crippen molar-refractivity contribution in [2.75, 3.05) is 11.9 Å². The zero-order chi connectivity index (χ0) is 20.5. The second-order valence-corrected chi connectivity index (χ2v) is 7.95. The van der Waals surface area contributed by atoms with Crippen molar-refractivity contribution in [1.29, 1.82) is 0 Å². The van der Waals surface area contributed by atoms with Crippen LogP contribution in [0.3, 0.4) is 0 Å². The zero-order valence-electron chi connectivity index (χ0n) is 17.1. The second kappa shape index (κ2) is 7.81. The summed E-state index contributed by atoms with van der Waals surface area (Å²) in [6, 6.07) is 26.5. The van der Waals surface area contributed by atoms with Crippen molar-refractivity contribution in [3.8, 4) is 0 Å². The molecular weight excluding hydrogens is 370 g/mol. The molecular formula is C26H25N3O. The van der Waals surface area contributed by atoms with Crippen LogP contribution in [0.2, 0.25) is 0 Å². The van der Waals surface area contributed by atoms with E-state index in [1.54, 1.807) is 0 Å². The van der Waals surface area contributed by atoms with Crippen LogP contribution < -0.4 is 10.6 Å². The van der Waals surface area contributed by atoms with Gasteiger partial charge in [0.1, 0.15) is 6.04 Å². The molecule has 1 unspecified atom stereocenters. The minimum Gasteiger partial charge on any atom is -0.338 e. The molecule has 1 aliphatic rings. The highest BCUT2D eigenvalue weighted by Crippen LogP contribution is 2.34. The van der Waals surface area contributed by atoms with Gasteiger partial charge in [0.25, 0.3) is 0 Å². The average molecular weight is 396 g/mol. The van der Waals surface area contributed by atoms with Crippen LogP contribution >= 0.6 is 0 Å². The fourth-order valence-electron chi connectivity index (χ4n) is 4.52. The van der Waals surface area contributed by atoms with Crippen LogP contribution in [0.5, 0.6) is 0 Å². The summed E-state index contributed by atoms with van der Waals surface area (Å²) in [4.78, 5) is 13.3. The Morgan fingerprint density at radius 3 is 2.67 bits per heavy atom. The number of aryl methyl sites for hydroxylation is 1. The van der Waals surface area contributed by atoms with Crippen molar-refractivity contribution in [3.63, 3.8) is 0 Å². The number of para-hydroxylation sites is 1. The molecule has 5 rings (SSSR count). The number of carbonyl (C=O) groups excluding carboxylic acids is 1. The highest BCUT2D eigenvalue weighted by molar-refractivity contribution is 5.98. The molecule has 1 aliphatic heterocycles. The SMILES string of the molecule is Cc1cccc(NC(=O)C2NCCc3c2n(Cc2ccccc2)c2ccccc32)c1. The van der Waals surface area contributed by atoms with E-state index in [9.17, 15) is 4.79 Å². The van der Waals surface area contributed by atoms with E-state index in [1.807, 2.05) is 37.3 Å².